The zero-order valence-electron chi connectivity index (χ0n) is 16.7. The van der Waals surface area contributed by atoms with Crippen molar-refractivity contribution >= 4 is 41.0 Å². The second kappa shape index (κ2) is 8.89. The Labute approximate surface area is 173 Å². The molecule has 3 atom stereocenters. The minimum atomic E-state index is -1.11. The highest BCUT2D eigenvalue weighted by Gasteiger charge is 2.50. The van der Waals surface area contributed by atoms with E-state index < -0.39 is 36.4 Å². The summed E-state index contributed by atoms with van der Waals surface area (Å²) in [6, 6.07) is 5.38. The lowest BCUT2D eigenvalue weighted by Gasteiger charge is -2.21. The molecule has 0 saturated carbocycles. The Kier molecular flexibility index (Phi) is 6.29. The standard InChI is InChI=1S/C21H23N3O6/c1-12(24-19(27)16-8-3-4-9-17(16)20(24)28)21(29)30-11-18(26)23-15-7-5-6-14(10-15)22-13(2)25/h3-7,10,12,16-17H,8-9,11H2,1-2H3,(H,22,25)(H,23,26)/t12-,16+,17+/m0/s1. The van der Waals surface area contributed by atoms with Gasteiger partial charge in [-0.25, -0.2) is 4.79 Å². The molecule has 1 aliphatic heterocycles. The zero-order valence-corrected chi connectivity index (χ0v) is 16.7. The van der Waals surface area contributed by atoms with Crippen LogP contribution < -0.4 is 10.6 Å². The first-order chi connectivity index (χ1) is 14.3. The minimum absolute atomic E-state index is 0.247. The molecule has 2 N–H and O–H groups in total. The number of nitrogens with one attached hydrogen (secondary N) is 2. The maximum absolute atomic E-state index is 12.5. The molecule has 1 aliphatic carbocycles. The first-order valence-corrected chi connectivity index (χ1v) is 9.64. The SMILES string of the molecule is CC(=O)Nc1cccc(NC(=O)COC(=O)[C@H](C)N2C(=O)[C@@H]3CC=CC[C@H]3C2=O)c1. The number of ether oxygens (including phenoxy) is 1. The summed E-state index contributed by atoms with van der Waals surface area (Å²) in [5, 5.41) is 5.15. The summed E-state index contributed by atoms with van der Waals surface area (Å²) < 4.78 is 5.01. The Balaban J connectivity index is 1.54. The minimum Gasteiger partial charge on any atom is -0.454 e. The molecule has 9 nitrogen and oxygen atoms in total. The van der Waals surface area contributed by atoms with E-state index in [0.29, 0.717) is 24.2 Å². The van der Waals surface area contributed by atoms with Gasteiger partial charge in [-0.15, -0.1) is 0 Å². The van der Waals surface area contributed by atoms with Gasteiger partial charge < -0.3 is 15.4 Å². The zero-order chi connectivity index (χ0) is 21.8. The van der Waals surface area contributed by atoms with Gasteiger partial charge in [0.25, 0.3) is 5.91 Å². The fourth-order valence-corrected chi connectivity index (χ4v) is 3.65. The Hall–Kier alpha value is -3.49. The largest absolute Gasteiger partial charge is 0.454 e. The van der Waals surface area contributed by atoms with Crippen LogP contribution in [-0.4, -0.2) is 47.1 Å². The number of nitrogens with zero attached hydrogens (tertiary/aromatic N) is 1. The Morgan fingerprint density at radius 3 is 2.20 bits per heavy atom. The van der Waals surface area contributed by atoms with E-state index in [2.05, 4.69) is 10.6 Å². The van der Waals surface area contributed by atoms with Crippen molar-refractivity contribution in [3.63, 3.8) is 0 Å². The lowest BCUT2D eigenvalue weighted by Crippen LogP contribution is -2.45. The van der Waals surface area contributed by atoms with Crippen molar-refractivity contribution in [2.45, 2.75) is 32.7 Å². The predicted octanol–water partition coefficient (Wildman–Crippen LogP) is 1.47. The number of rotatable bonds is 6. The highest BCUT2D eigenvalue weighted by molar-refractivity contribution is 6.08. The molecule has 3 rings (SSSR count). The molecule has 0 unspecified atom stereocenters. The molecule has 0 spiro atoms. The van der Waals surface area contributed by atoms with E-state index in [1.54, 1.807) is 24.3 Å². The summed E-state index contributed by atoms with van der Waals surface area (Å²) in [6.07, 6.45) is 4.69. The van der Waals surface area contributed by atoms with Crippen LogP contribution in [0.5, 0.6) is 0 Å². The summed E-state index contributed by atoms with van der Waals surface area (Å²) >= 11 is 0. The van der Waals surface area contributed by atoms with Crippen LogP contribution in [-0.2, 0) is 28.7 Å². The van der Waals surface area contributed by atoms with Crippen molar-refractivity contribution < 1.29 is 28.7 Å². The third-order valence-corrected chi connectivity index (χ3v) is 5.08. The van der Waals surface area contributed by atoms with Gasteiger partial charge in [0.2, 0.25) is 17.7 Å². The van der Waals surface area contributed by atoms with Gasteiger partial charge in [-0.05, 0) is 38.0 Å². The normalized spacial score (nSPS) is 21.1. The summed E-state index contributed by atoms with van der Waals surface area (Å²) in [5.74, 6) is -3.29. The second-order valence-electron chi connectivity index (χ2n) is 7.30. The van der Waals surface area contributed by atoms with E-state index in [1.807, 2.05) is 12.2 Å². The molecule has 9 heteroatoms. The fourth-order valence-electron chi connectivity index (χ4n) is 3.65. The quantitative estimate of drug-likeness (QED) is 0.414. The van der Waals surface area contributed by atoms with Gasteiger partial charge in [-0.2, -0.15) is 0 Å². The summed E-state index contributed by atoms with van der Waals surface area (Å²) in [4.78, 5) is 61.6. The molecule has 0 bridgehead atoms. The van der Waals surface area contributed by atoms with Gasteiger partial charge in [0, 0.05) is 18.3 Å². The van der Waals surface area contributed by atoms with Crippen molar-refractivity contribution in [2.24, 2.45) is 11.8 Å². The molecule has 1 fully saturated rings. The first-order valence-electron chi connectivity index (χ1n) is 9.64. The third kappa shape index (κ3) is 4.56. The number of esters is 1. The number of carbonyl (C=O) groups is 5. The third-order valence-electron chi connectivity index (χ3n) is 5.08. The number of allylic oxidation sites excluding steroid dienone is 2. The van der Waals surface area contributed by atoms with Crippen LogP contribution in [0.2, 0.25) is 0 Å². The van der Waals surface area contributed by atoms with Crippen molar-refractivity contribution in [1.82, 2.24) is 4.90 Å². The van der Waals surface area contributed by atoms with Crippen LogP contribution in [0.1, 0.15) is 26.7 Å². The summed E-state index contributed by atoms with van der Waals surface area (Å²) in [5.41, 5.74) is 0.921. The number of anilines is 2. The van der Waals surface area contributed by atoms with Gasteiger partial charge in [-0.3, -0.25) is 24.1 Å². The number of imide groups is 1. The van der Waals surface area contributed by atoms with E-state index in [9.17, 15) is 24.0 Å². The lowest BCUT2D eigenvalue weighted by molar-refractivity contribution is -0.159. The number of fused-ring (bicyclic) bond motifs is 1. The number of likely N-dealkylation sites (tertiary alicyclic amines) is 1. The molecule has 0 aromatic heterocycles. The maximum Gasteiger partial charge on any atom is 0.329 e. The number of hydrogen-bond acceptors (Lipinski definition) is 6. The van der Waals surface area contributed by atoms with Crippen LogP contribution in [0.25, 0.3) is 0 Å². The maximum atomic E-state index is 12.5. The van der Waals surface area contributed by atoms with Gasteiger partial charge in [-0.1, -0.05) is 18.2 Å². The second-order valence-corrected chi connectivity index (χ2v) is 7.30. The van der Waals surface area contributed by atoms with Crippen molar-refractivity contribution in [3.05, 3.63) is 36.4 Å². The average Bonchev–Trinajstić information content (AvgIpc) is 2.96. The van der Waals surface area contributed by atoms with Crippen LogP contribution in [0.15, 0.2) is 36.4 Å². The highest BCUT2D eigenvalue weighted by atomic mass is 16.5. The molecule has 0 radical (unpaired) electrons. The average molecular weight is 413 g/mol. The Bertz CT molecular complexity index is 899. The monoisotopic (exact) mass is 413 g/mol. The van der Waals surface area contributed by atoms with Crippen LogP contribution in [0, 0.1) is 11.8 Å². The van der Waals surface area contributed by atoms with E-state index >= 15 is 0 Å². The molecule has 1 saturated heterocycles. The topological polar surface area (TPSA) is 122 Å². The number of amides is 4. The lowest BCUT2D eigenvalue weighted by atomic mass is 9.85. The van der Waals surface area contributed by atoms with Crippen LogP contribution in [0.3, 0.4) is 0 Å². The molecule has 30 heavy (non-hydrogen) atoms. The van der Waals surface area contributed by atoms with Gasteiger partial charge in [0.05, 0.1) is 11.8 Å². The molecule has 1 aromatic carbocycles. The fraction of sp³-hybridized carbons (Fsp3) is 0.381. The first kappa shape index (κ1) is 21.2. The van der Waals surface area contributed by atoms with Crippen molar-refractivity contribution in [1.29, 1.82) is 0 Å². The number of hydrogen-bond donors (Lipinski definition) is 2. The number of carbonyl (C=O) groups excluding carboxylic acids is 5. The van der Waals surface area contributed by atoms with Crippen LogP contribution >= 0.6 is 0 Å². The predicted molar refractivity (Wildman–Crippen MR) is 107 cm³/mol. The van der Waals surface area contributed by atoms with Gasteiger partial charge in [0.1, 0.15) is 6.04 Å². The molecule has 1 aromatic rings. The van der Waals surface area contributed by atoms with Crippen molar-refractivity contribution in [2.75, 3.05) is 17.2 Å². The van der Waals surface area contributed by atoms with E-state index in [4.69, 9.17) is 4.74 Å². The van der Waals surface area contributed by atoms with Crippen molar-refractivity contribution in [3.8, 4) is 0 Å². The molecule has 4 amide bonds. The summed E-state index contributed by atoms with van der Waals surface area (Å²) in [7, 11) is 0. The molecule has 158 valence electrons. The Morgan fingerprint density at radius 1 is 1.07 bits per heavy atom. The van der Waals surface area contributed by atoms with Gasteiger partial charge in [0.15, 0.2) is 6.61 Å². The van der Waals surface area contributed by atoms with Crippen LogP contribution in [0.4, 0.5) is 11.4 Å². The summed E-state index contributed by atoms with van der Waals surface area (Å²) in [6.45, 7) is 2.21. The molecular weight excluding hydrogens is 390 g/mol. The van der Waals surface area contributed by atoms with E-state index in [0.717, 1.165) is 4.90 Å². The molecule has 1 heterocycles. The van der Waals surface area contributed by atoms with Gasteiger partial charge >= 0.3 is 5.97 Å². The smallest absolute Gasteiger partial charge is 0.329 e. The number of benzene rings is 1. The highest BCUT2D eigenvalue weighted by Crippen LogP contribution is 2.36. The van der Waals surface area contributed by atoms with E-state index in [1.165, 1.54) is 13.8 Å². The Morgan fingerprint density at radius 2 is 1.63 bits per heavy atom. The molecule has 2 aliphatic rings. The molecular formula is C21H23N3O6. The van der Waals surface area contributed by atoms with E-state index in [-0.39, 0.29) is 17.7 Å².